The van der Waals surface area contributed by atoms with Crippen molar-refractivity contribution >= 4 is 0 Å². The van der Waals surface area contributed by atoms with Crippen molar-refractivity contribution in [2.45, 2.75) is 26.2 Å². The van der Waals surface area contributed by atoms with E-state index in [4.69, 9.17) is 0 Å². The second kappa shape index (κ2) is 5.23. The minimum absolute atomic E-state index is 0.0199. The van der Waals surface area contributed by atoms with Crippen molar-refractivity contribution in [1.29, 1.82) is 0 Å². The maximum atomic E-state index is 9.36. The number of hydrogen-bond donors (Lipinski definition) is 2. The van der Waals surface area contributed by atoms with Gasteiger partial charge in [-0.15, -0.1) is 5.10 Å². The number of aliphatic hydroxyl groups excluding tert-OH is 2. The molecule has 0 saturated heterocycles. The SMILES string of the molecule is CCCC(CO)(CO)Cc1cn(C)nn1. The molecule has 0 aliphatic rings. The van der Waals surface area contributed by atoms with E-state index < -0.39 is 5.41 Å². The van der Waals surface area contributed by atoms with Gasteiger partial charge in [-0.2, -0.15) is 0 Å². The Morgan fingerprint density at radius 2 is 2.07 bits per heavy atom. The number of rotatable bonds is 6. The molecule has 5 nitrogen and oxygen atoms in total. The summed E-state index contributed by atoms with van der Waals surface area (Å²) in [5.41, 5.74) is 0.360. The van der Waals surface area contributed by atoms with Crippen molar-refractivity contribution in [3.8, 4) is 0 Å². The maximum Gasteiger partial charge on any atom is 0.0834 e. The first-order chi connectivity index (χ1) is 7.15. The van der Waals surface area contributed by atoms with Gasteiger partial charge in [-0.1, -0.05) is 18.6 Å². The zero-order valence-electron chi connectivity index (χ0n) is 9.35. The summed E-state index contributed by atoms with van der Waals surface area (Å²) in [7, 11) is 1.80. The molecule has 1 aromatic heterocycles. The highest BCUT2D eigenvalue weighted by atomic mass is 16.3. The van der Waals surface area contributed by atoms with Gasteiger partial charge in [-0.3, -0.25) is 4.68 Å². The van der Waals surface area contributed by atoms with Gasteiger partial charge in [0.1, 0.15) is 0 Å². The van der Waals surface area contributed by atoms with Crippen LogP contribution in [0.3, 0.4) is 0 Å². The quantitative estimate of drug-likeness (QED) is 0.704. The molecule has 1 aromatic rings. The first kappa shape index (κ1) is 12.1. The summed E-state index contributed by atoms with van der Waals surface area (Å²) in [5.74, 6) is 0. The summed E-state index contributed by atoms with van der Waals surface area (Å²) in [5, 5.41) is 26.5. The van der Waals surface area contributed by atoms with Crippen LogP contribution >= 0.6 is 0 Å². The Bertz CT molecular complexity index is 295. The van der Waals surface area contributed by atoms with E-state index >= 15 is 0 Å². The van der Waals surface area contributed by atoms with Gasteiger partial charge in [-0.25, -0.2) is 0 Å². The molecule has 5 heteroatoms. The molecule has 1 heterocycles. The van der Waals surface area contributed by atoms with E-state index in [0.29, 0.717) is 6.42 Å². The Kier molecular flexibility index (Phi) is 4.23. The first-order valence-corrected chi connectivity index (χ1v) is 5.23. The van der Waals surface area contributed by atoms with E-state index in [1.165, 1.54) is 0 Å². The zero-order chi connectivity index (χ0) is 11.3. The molecule has 0 radical (unpaired) electrons. The molecule has 0 aliphatic carbocycles. The first-order valence-electron chi connectivity index (χ1n) is 5.23. The molecule has 0 aliphatic heterocycles. The lowest BCUT2D eigenvalue weighted by atomic mass is 9.81. The molecule has 1 rings (SSSR count). The minimum atomic E-state index is -0.454. The van der Waals surface area contributed by atoms with E-state index in [1.807, 2.05) is 13.1 Å². The third-order valence-electron chi connectivity index (χ3n) is 2.66. The lowest BCUT2D eigenvalue weighted by Crippen LogP contribution is -2.32. The molecule has 0 aromatic carbocycles. The molecule has 0 bridgehead atoms. The van der Waals surface area contributed by atoms with E-state index in [2.05, 4.69) is 10.3 Å². The molecule has 0 saturated carbocycles. The van der Waals surface area contributed by atoms with Crippen molar-refractivity contribution in [2.24, 2.45) is 12.5 Å². The average Bonchev–Trinajstić information content (AvgIpc) is 2.63. The predicted octanol–water partition coefficient (Wildman–Crippen LogP) is 0.129. The summed E-state index contributed by atoms with van der Waals surface area (Å²) in [4.78, 5) is 0. The zero-order valence-corrected chi connectivity index (χ0v) is 9.35. The summed E-state index contributed by atoms with van der Waals surface area (Å²) < 4.78 is 1.63. The van der Waals surface area contributed by atoms with E-state index in [0.717, 1.165) is 18.5 Å². The number of hydrogen-bond acceptors (Lipinski definition) is 4. The largest absolute Gasteiger partial charge is 0.396 e. The monoisotopic (exact) mass is 213 g/mol. The molecular weight excluding hydrogens is 194 g/mol. The van der Waals surface area contributed by atoms with Crippen LogP contribution in [0.25, 0.3) is 0 Å². The standard InChI is InChI=1S/C10H19N3O2/c1-3-4-10(7-14,8-15)5-9-6-13(2)12-11-9/h6,14-15H,3-5,7-8H2,1-2H3. The van der Waals surface area contributed by atoms with Crippen LogP contribution in [0.15, 0.2) is 6.20 Å². The van der Waals surface area contributed by atoms with Crippen LogP contribution in [0.1, 0.15) is 25.5 Å². The fourth-order valence-electron chi connectivity index (χ4n) is 1.80. The molecule has 2 N–H and O–H groups in total. The van der Waals surface area contributed by atoms with Crippen molar-refractivity contribution in [3.05, 3.63) is 11.9 Å². The van der Waals surface area contributed by atoms with Gasteiger partial charge in [0.25, 0.3) is 0 Å². The number of aliphatic hydroxyl groups is 2. The Balaban J connectivity index is 2.73. The molecule has 0 amide bonds. The lowest BCUT2D eigenvalue weighted by Gasteiger charge is -2.28. The third-order valence-corrected chi connectivity index (χ3v) is 2.66. The van der Waals surface area contributed by atoms with Crippen molar-refractivity contribution in [3.63, 3.8) is 0 Å². The van der Waals surface area contributed by atoms with Crippen LogP contribution in [-0.4, -0.2) is 38.4 Å². The van der Waals surface area contributed by atoms with Crippen LogP contribution < -0.4 is 0 Å². The highest BCUT2D eigenvalue weighted by Crippen LogP contribution is 2.26. The summed E-state index contributed by atoms with van der Waals surface area (Å²) >= 11 is 0. The summed E-state index contributed by atoms with van der Waals surface area (Å²) in [6.45, 7) is 2.00. The topological polar surface area (TPSA) is 71.2 Å². The molecule has 0 spiro atoms. The minimum Gasteiger partial charge on any atom is -0.396 e. The Morgan fingerprint density at radius 1 is 1.40 bits per heavy atom. The smallest absolute Gasteiger partial charge is 0.0834 e. The predicted molar refractivity (Wildman–Crippen MR) is 56.2 cm³/mol. The molecule has 15 heavy (non-hydrogen) atoms. The van der Waals surface area contributed by atoms with Crippen molar-refractivity contribution in [2.75, 3.05) is 13.2 Å². The second-order valence-electron chi connectivity index (χ2n) is 4.13. The number of nitrogens with zero attached hydrogens (tertiary/aromatic N) is 3. The lowest BCUT2D eigenvalue weighted by molar-refractivity contribution is 0.0458. The fraction of sp³-hybridized carbons (Fsp3) is 0.800. The molecular formula is C10H19N3O2. The van der Waals surface area contributed by atoms with Gasteiger partial charge in [0.05, 0.1) is 18.9 Å². The molecule has 0 unspecified atom stereocenters. The maximum absolute atomic E-state index is 9.36. The molecule has 86 valence electrons. The van der Waals surface area contributed by atoms with Gasteiger partial charge in [0.2, 0.25) is 0 Å². The van der Waals surface area contributed by atoms with Gasteiger partial charge in [0, 0.05) is 25.1 Å². The summed E-state index contributed by atoms with van der Waals surface area (Å²) in [6, 6.07) is 0. The third kappa shape index (κ3) is 3.00. The van der Waals surface area contributed by atoms with Crippen LogP contribution in [0.2, 0.25) is 0 Å². The van der Waals surface area contributed by atoms with Crippen LogP contribution in [0, 0.1) is 5.41 Å². The number of aromatic nitrogens is 3. The average molecular weight is 213 g/mol. The van der Waals surface area contributed by atoms with E-state index in [-0.39, 0.29) is 13.2 Å². The second-order valence-corrected chi connectivity index (χ2v) is 4.13. The van der Waals surface area contributed by atoms with Crippen molar-refractivity contribution < 1.29 is 10.2 Å². The van der Waals surface area contributed by atoms with Gasteiger partial charge in [-0.05, 0) is 6.42 Å². The normalized spacial score (nSPS) is 12.0. The Morgan fingerprint density at radius 3 is 2.47 bits per heavy atom. The van der Waals surface area contributed by atoms with E-state index in [1.54, 1.807) is 11.7 Å². The highest BCUT2D eigenvalue weighted by Gasteiger charge is 2.29. The number of aryl methyl sites for hydroxylation is 1. The van der Waals surface area contributed by atoms with Gasteiger partial charge >= 0.3 is 0 Å². The van der Waals surface area contributed by atoms with Gasteiger partial charge in [0.15, 0.2) is 0 Å². The molecule has 0 fully saturated rings. The highest BCUT2D eigenvalue weighted by molar-refractivity contribution is 4.98. The Labute approximate surface area is 89.7 Å². The van der Waals surface area contributed by atoms with Crippen LogP contribution in [-0.2, 0) is 13.5 Å². The fourth-order valence-corrected chi connectivity index (χ4v) is 1.80. The van der Waals surface area contributed by atoms with Crippen molar-refractivity contribution in [1.82, 2.24) is 15.0 Å². The van der Waals surface area contributed by atoms with Gasteiger partial charge < -0.3 is 10.2 Å². The van der Waals surface area contributed by atoms with Crippen LogP contribution in [0.4, 0.5) is 0 Å². The summed E-state index contributed by atoms with van der Waals surface area (Å²) in [6.07, 6.45) is 4.11. The molecule has 0 atom stereocenters. The Hall–Kier alpha value is -0.940. The van der Waals surface area contributed by atoms with E-state index in [9.17, 15) is 10.2 Å². The van der Waals surface area contributed by atoms with Crippen LogP contribution in [0.5, 0.6) is 0 Å².